The number of rotatable bonds is 3. The molecule has 1 aromatic heterocycles. The van der Waals surface area contributed by atoms with Crippen LogP contribution in [-0.4, -0.2) is 36.9 Å². The summed E-state index contributed by atoms with van der Waals surface area (Å²) in [6.07, 6.45) is 1.06. The van der Waals surface area contributed by atoms with Crippen molar-refractivity contribution in [3.05, 3.63) is 14.9 Å². The van der Waals surface area contributed by atoms with E-state index in [1.54, 1.807) is 0 Å². The molecule has 5 nitrogen and oxygen atoms in total. The molecule has 1 unspecified atom stereocenters. The fourth-order valence-electron chi connectivity index (χ4n) is 1.94. The highest BCUT2D eigenvalue weighted by Crippen LogP contribution is 2.36. The monoisotopic (exact) mass is 387 g/mol. The lowest BCUT2D eigenvalue weighted by atomic mass is 10.0. The highest BCUT2D eigenvalue weighted by Gasteiger charge is 2.34. The second kappa shape index (κ2) is 5.69. The van der Waals surface area contributed by atoms with E-state index in [0.717, 1.165) is 11.3 Å². The Labute approximate surface area is 128 Å². The summed E-state index contributed by atoms with van der Waals surface area (Å²) >= 11 is 10.0. The molecular weight excluding hydrogens is 378 g/mol. The number of halogens is 2. The molecule has 1 fully saturated rings. The van der Waals surface area contributed by atoms with E-state index in [2.05, 4.69) is 15.9 Å². The number of hydrogen-bond acceptors (Lipinski definition) is 4. The fourth-order valence-corrected chi connectivity index (χ4v) is 6.02. The summed E-state index contributed by atoms with van der Waals surface area (Å²) in [6, 6.07) is 1.38. The Morgan fingerprint density at radius 2 is 2.26 bits per heavy atom. The molecule has 1 aliphatic heterocycles. The molecule has 1 atom stereocenters. The lowest BCUT2D eigenvalue weighted by Crippen LogP contribution is -2.41. The third kappa shape index (κ3) is 3.13. The van der Waals surface area contributed by atoms with Gasteiger partial charge < -0.3 is 5.11 Å². The normalized spacial score (nSPS) is 21.5. The molecule has 106 valence electrons. The van der Waals surface area contributed by atoms with Gasteiger partial charge in [-0.25, -0.2) is 8.42 Å². The zero-order chi connectivity index (χ0) is 14.2. The molecule has 0 spiro atoms. The van der Waals surface area contributed by atoms with Crippen molar-refractivity contribution in [2.75, 3.05) is 13.1 Å². The van der Waals surface area contributed by atoms with Gasteiger partial charge in [-0.15, -0.1) is 11.3 Å². The lowest BCUT2D eigenvalue weighted by molar-refractivity contribution is -0.142. The van der Waals surface area contributed by atoms with Crippen LogP contribution in [0.5, 0.6) is 0 Å². The third-order valence-electron chi connectivity index (χ3n) is 2.95. The van der Waals surface area contributed by atoms with Gasteiger partial charge in [0, 0.05) is 13.1 Å². The van der Waals surface area contributed by atoms with E-state index in [-0.39, 0.29) is 10.8 Å². The standard InChI is InChI=1S/C10H11BrClNO4S2/c11-9-7(12)4-8(18-9)19(16,17)13-3-1-2-6(5-13)10(14)15/h4,6H,1-3,5H2,(H,14,15). The van der Waals surface area contributed by atoms with Crippen LogP contribution in [0.3, 0.4) is 0 Å². The first-order valence-corrected chi connectivity index (χ1v) is 8.93. The zero-order valence-electron chi connectivity index (χ0n) is 9.67. The number of aliphatic carboxylic acids is 1. The molecule has 0 saturated carbocycles. The van der Waals surface area contributed by atoms with Crippen molar-refractivity contribution in [3.8, 4) is 0 Å². The molecule has 2 rings (SSSR count). The van der Waals surface area contributed by atoms with E-state index < -0.39 is 21.9 Å². The minimum atomic E-state index is -3.66. The molecule has 0 aromatic carbocycles. The Morgan fingerprint density at radius 3 is 2.79 bits per heavy atom. The number of hydrogen-bond donors (Lipinski definition) is 1. The predicted octanol–water partition coefficient (Wildman–Crippen LogP) is 2.65. The number of carboxylic acids is 1. The van der Waals surface area contributed by atoms with Crippen molar-refractivity contribution in [3.63, 3.8) is 0 Å². The highest BCUT2D eigenvalue weighted by atomic mass is 79.9. The quantitative estimate of drug-likeness (QED) is 0.864. The minimum Gasteiger partial charge on any atom is -0.481 e. The van der Waals surface area contributed by atoms with E-state index in [1.165, 1.54) is 10.4 Å². The van der Waals surface area contributed by atoms with Crippen molar-refractivity contribution in [1.82, 2.24) is 4.31 Å². The summed E-state index contributed by atoms with van der Waals surface area (Å²) in [5.41, 5.74) is 0. The Kier molecular flexibility index (Phi) is 4.56. The average Bonchev–Trinajstić information content (AvgIpc) is 2.70. The Morgan fingerprint density at radius 1 is 1.58 bits per heavy atom. The SMILES string of the molecule is O=C(O)C1CCCN(S(=O)(=O)c2cc(Cl)c(Br)s2)C1. The van der Waals surface area contributed by atoms with Crippen molar-refractivity contribution < 1.29 is 18.3 Å². The molecule has 2 heterocycles. The number of thiophene rings is 1. The van der Waals surface area contributed by atoms with Crippen LogP contribution >= 0.6 is 38.9 Å². The molecule has 0 radical (unpaired) electrons. The molecule has 1 aromatic rings. The van der Waals surface area contributed by atoms with Gasteiger partial charge in [-0.05, 0) is 34.8 Å². The van der Waals surface area contributed by atoms with Gasteiger partial charge in [-0.1, -0.05) is 11.6 Å². The van der Waals surface area contributed by atoms with Gasteiger partial charge in [0.05, 0.1) is 14.7 Å². The molecule has 0 bridgehead atoms. The van der Waals surface area contributed by atoms with Crippen LogP contribution in [0, 0.1) is 5.92 Å². The van der Waals surface area contributed by atoms with E-state index in [9.17, 15) is 13.2 Å². The fraction of sp³-hybridized carbons (Fsp3) is 0.500. The highest BCUT2D eigenvalue weighted by molar-refractivity contribution is 9.11. The first kappa shape index (κ1) is 15.2. The van der Waals surface area contributed by atoms with Crippen LogP contribution in [0.15, 0.2) is 14.1 Å². The summed E-state index contributed by atoms with van der Waals surface area (Å²) in [5, 5.41) is 9.34. The smallest absolute Gasteiger partial charge is 0.307 e. The maximum Gasteiger partial charge on any atom is 0.307 e. The van der Waals surface area contributed by atoms with Gasteiger partial charge in [0.1, 0.15) is 4.21 Å². The van der Waals surface area contributed by atoms with Crippen molar-refractivity contribution in [1.29, 1.82) is 0 Å². The topological polar surface area (TPSA) is 74.7 Å². The van der Waals surface area contributed by atoms with Gasteiger partial charge in [0.25, 0.3) is 10.0 Å². The van der Waals surface area contributed by atoms with Gasteiger partial charge >= 0.3 is 5.97 Å². The Balaban J connectivity index is 2.26. The second-order valence-electron chi connectivity index (χ2n) is 4.23. The summed E-state index contributed by atoms with van der Waals surface area (Å²) in [6.45, 7) is 0.365. The van der Waals surface area contributed by atoms with Crippen LogP contribution in [0.1, 0.15) is 12.8 Å². The number of sulfonamides is 1. The summed E-state index contributed by atoms with van der Waals surface area (Å²) < 4.78 is 26.7. The minimum absolute atomic E-state index is 0.0187. The van der Waals surface area contributed by atoms with Gasteiger partial charge in [-0.3, -0.25) is 4.79 Å². The zero-order valence-corrected chi connectivity index (χ0v) is 13.6. The predicted molar refractivity (Wildman–Crippen MR) is 76.1 cm³/mol. The molecular formula is C10H11BrClNO4S2. The number of carbonyl (C=O) groups is 1. The molecule has 19 heavy (non-hydrogen) atoms. The van der Waals surface area contributed by atoms with E-state index >= 15 is 0 Å². The first-order chi connectivity index (χ1) is 8.82. The summed E-state index contributed by atoms with van der Waals surface area (Å²) in [7, 11) is -3.66. The third-order valence-corrected chi connectivity index (χ3v) is 7.74. The number of nitrogens with zero attached hydrogens (tertiary/aromatic N) is 1. The Bertz CT molecular complexity index is 581. The van der Waals surface area contributed by atoms with Crippen LogP contribution in [-0.2, 0) is 14.8 Å². The summed E-state index contributed by atoms with van der Waals surface area (Å²) in [4.78, 5) is 11.0. The molecule has 0 aliphatic carbocycles. The molecule has 0 amide bonds. The molecule has 1 saturated heterocycles. The van der Waals surface area contributed by atoms with E-state index in [1.807, 2.05) is 0 Å². The Hall–Kier alpha value is -0.150. The number of piperidine rings is 1. The van der Waals surface area contributed by atoms with E-state index in [4.69, 9.17) is 16.7 Å². The van der Waals surface area contributed by atoms with Crippen molar-refractivity contribution >= 4 is 54.9 Å². The van der Waals surface area contributed by atoms with Crippen molar-refractivity contribution in [2.45, 2.75) is 17.1 Å². The second-order valence-corrected chi connectivity index (χ2v) is 9.17. The maximum absolute atomic E-state index is 12.4. The van der Waals surface area contributed by atoms with Crippen LogP contribution in [0.2, 0.25) is 5.02 Å². The molecule has 1 aliphatic rings. The largest absolute Gasteiger partial charge is 0.481 e. The lowest BCUT2D eigenvalue weighted by Gasteiger charge is -2.29. The van der Waals surface area contributed by atoms with Crippen molar-refractivity contribution in [2.24, 2.45) is 5.92 Å². The average molecular weight is 389 g/mol. The van der Waals surface area contributed by atoms with Crippen LogP contribution in [0.4, 0.5) is 0 Å². The first-order valence-electron chi connectivity index (χ1n) is 5.50. The maximum atomic E-state index is 12.4. The molecule has 9 heteroatoms. The van der Waals surface area contributed by atoms with Gasteiger partial charge in [0.15, 0.2) is 0 Å². The van der Waals surface area contributed by atoms with Gasteiger partial charge in [-0.2, -0.15) is 4.31 Å². The number of carboxylic acid groups (broad SMARTS) is 1. The summed E-state index contributed by atoms with van der Waals surface area (Å²) in [5.74, 6) is -1.59. The van der Waals surface area contributed by atoms with E-state index in [0.29, 0.717) is 28.2 Å². The molecule has 1 N–H and O–H groups in total. The van der Waals surface area contributed by atoms with Crippen LogP contribution in [0.25, 0.3) is 0 Å². The van der Waals surface area contributed by atoms with Crippen LogP contribution < -0.4 is 0 Å². The van der Waals surface area contributed by atoms with Gasteiger partial charge in [0.2, 0.25) is 0 Å².